The van der Waals surface area contributed by atoms with Gasteiger partial charge in [0, 0.05) is 0 Å². The molecule has 0 fully saturated rings. The highest BCUT2D eigenvalue weighted by atomic mass is 16.5. The van der Waals surface area contributed by atoms with Crippen molar-refractivity contribution < 1.29 is 9.84 Å². The second kappa shape index (κ2) is 4.14. The molecule has 0 unspecified atom stereocenters. The van der Waals surface area contributed by atoms with Gasteiger partial charge in [-0.15, -0.1) is 0 Å². The van der Waals surface area contributed by atoms with E-state index in [4.69, 9.17) is 4.74 Å². The van der Waals surface area contributed by atoms with E-state index in [-0.39, 0.29) is 0 Å². The molecule has 1 aliphatic rings. The predicted octanol–water partition coefficient (Wildman–Crippen LogP) is 2.88. The van der Waals surface area contributed by atoms with Gasteiger partial charge in [-0.3, -0.25) is 0 Å². The summed E-state index contributed by atoms with van der Waals surface area (Å²) in [5.41, 5.74) is 2.28. The van der Waals surface area contributed by atoms with Crippen molar-refractivity contribution in [3.05, 3.63) is 65.2 Å². The van der Waals surface area contributed by atoms with Gasteiger partial charge in [-0.2, -0.15) is 0 Å². The molecule has 0 bridgehead atoms. The Morgan fingerprint density at radius 2 is 1.89 bits per heavy atom. The van der Waals surface area contributed by atoms with Gasteiger partial charge < -0.3 is 9.84 Å². The van der Waals surface area contributed by atoms with Crippen LogP contribution in [0.3, 0.4) is 0 Å². The minimum Gasteiger partial charge on any atom is -0.497 e. The maximum atomic E-state index is 11.0. The van der Waals surface area contributed by atoms with Crippen molar-refractivity contribution in [2.24, 2.45) is 0 Å². The van der Waals surface area contributed by atoms with E-state index in [0.717, 1.165) is 29.7 Å². The van der Waals surface area contributed by atoms with E-state index in [1.807, 2.05) is 42.5 Å². The molecule has 1 aliphatic carbocycles. The first-order valence-corrected chi connectivity index (χ1v) is 6.19. The molecule has 1 N–H and O–H groups in total. The smallest absolute Gasteiger partial charge is 0.119 e. The Bertz CT molecular complexity index is 563. The van der Waals surface area contributed by atoms with Crippen LogP contribution in [0.5, 0.6) is 5.75 Å². The summed E-state index contributed by atoms with van der Waals surface area (Å²) in [6.45, 7) is 0. The standard InChI is InChI=1S/C16H16O2/c1-18-14-8-7-12-9-10-16(17,15(12)11-14)13-5-3-2-4-6-13/h2-8,11,17H,9-10H2,1H3/t16-/m1/s1. The summed E-state index contributed by atoms with van der Waals surface area (Å²) in [5.74, 6) is 0.796. The molecule has 0 radical (unpaired) electrons. The van der Waals surface area contributed by atoms with Crippen molar-refractivity contribution in [2.75, 3.05) is 7.11 Å². The van der Waals surface area contributed by atoms with Gasteiger partial charge in [-0.25, -0.2) is 0 Å². The first kappa shape index (κ1) is 11.3. The molecule has 0 aromatic heterocycles. The summed E-state index contributed by atoms with van der Waals surface area (Å²) in [6, 6.07) is 15.8. The number of ether oxygens (including phenoxy) is 1. The lowest BCUT2D eigenvalue weighted by Gasteiger charge is -2.25. The third kappa shape index (κ3) is 1.61. The molecule has 2 nitrogen and oxygen atoms in total. The summed E-state index contributed by atoms with van der Waals surface area (Å²) >= 11 is 0. The molecular formula is C16H16O2. The second-order valence-electron chi connectivity index (χ2n) is 4.75. The third-order valence-electron chi connectivity index (χ3n) is 3.77. The average molecular weight is 240 g/mol. The number of hydrogen-bond donors (Lipinski definition) is 1. The lowest BCUT2D eigenvalue weighted by atomic mass is 9.88. The van der Waals surface area contributed by atoms with Gasteiger partial charge in [-0.05, 0) is 41.7 Å². The molecular weight excluding hydrogens is 224 g/mol. The van der Waals surface area contributed by atoms with E-state index >= 15 is 0 Å². The number of aliphatic hydroxyl groups is 1. The molecule has 0 spiro atoms. The van der Waals surface area contributed by atoms with Crippen molar-refractivity contribution in [1.82, 2.24) is 0 Å². The van der Waals surface area contributed by atoms with Gasteiger partial charge in [0.15, 0.2) is 0 Å². The maximum absolute atomic E-state index is 11.0. The summed E-state index contributed by atoms with van der Waals surface area (Å²) in [7, 11) is 1.65. The van der Waals surface area contributed by atoms with Gasteiger partial charge in [0.25, 0.3) is 0 Å². The quantitative estimate of drug-likeness (QED) is 0.874. The van der Waals surface area contributed by atoms with Crippen LogP contribution in [0.25, 0.3) is 0 Å². The topological polar surface area (TPSA) is 29.5 Å². The fourth-order valence-electron chi connectivity index (χ4n) is 2.75. The maximum Gasteiger partial charge on any atom is 0.119 e. The van der Waals surface area contributed by atoms with Crippen molar-refractivity contribution in [3.63, 3.8) is 0 Å². The summed E-state index contributed by atoms with van der Waals surface area (Å²) < 4.78 is 5.26. The Labute approximate surface area is 107 Å². The van der Waals surface area contributed by atoms with Crippen molar-refractivity contribution in [3.8, 4) is 5.75 Å². The van der Waals surface area contributed by atoms with Crippen LogP contribution < -0.4 is 4.74 Å². The first-order chi connectivity index (χ1) is 8.74. The fraction of sp³-hybridized carbons (Fsp3) is 0.250. The van der Waals surface area contributed by atoms with Crippen LogP contribution in [0.2, 0.25) is 0 Å². The Morgan fingerprint density at radius 3 is 2.61 bits per heavy atom. The van der Waals surface area contributed by atoms with Crippen LogP contribution in [0, 0.1) is 0 Å². The zero-order valence-corrected chi connectivity index (χ0v) is 10.4. The second-order valence-corrected chi connectivity index (χ2v) is 4.75. The van der Waals surface area contributed by atoms with Crippen LogP contribution in [-0.2, 0) is 12.0 Å². The third-order valence-corrected chi connectivity index (χ3v) is 3.77. The molecule has 3 rings (SSSR count). The van der Waals surface area contributed by atoms with Crippen LogP contribution in [0.15, 0.2) is 48.5 Å². The van der Waals surface area contributed by atoms with E-state index in [2.05, 4.69) is 6.07 Å². The van der Waals surface area contributed by atoms with Crippen LogP contribution >= 0.6 is 0 Å². The molecule has 2 aromatic carbocycles. The Morgan fingerprint density at radius 1 is 1.11 bits per heavy atom. The molecule has 0 aliphatic heterocycles. The number of methoxy groups -OCH3 is 1. The molecule has 2 heteroatoms. The minimum atomic E-state index is -0.870. The summed E-state index contributed by atoms with van der Waals surface area (Å²) in [6.07, 6.45) is 1.64. The highest BCUT2D eigenvalue weighted by Gasteiger charge is 2.38. The van der Waals surface area contributed by atoms with E-state index in [9.17, 15) is 5.11 Å². The fourth-order valence-corrected chi connectivity index (χ4v) is 2.75. The predicted molar refractivity (Wildman–Crippen MR) is 70.8 cm³/mol. The minimum absolute atomic E-state index is 0.736. The molecule has 18 heavy (non-hydrogen) atoms. The van der Waals surface area contributed by atoms with Crippen LogP contribution in [-0.4, -0.2) is 12.2 Å². The number of aryl methyl sites for hydroxylation is 1. The highest BCUT2D eigenvalue weighted by molar-refractivity contribution is 5.48. The zero-order chi connectivity index (χ0) is 12.6. The van der Waals surface area contributed by atoms with E-state index in [1.54, 1.807) is 7.11 Å². The summed E-state index contributed by atoms with van der Waals surface area (Å²) in [4.78, 5) is 0. The first-order valence-electron chi connectivity index (χ1n) is 6.19. The number of fused-ring (bicyclic) bond motifs is 1. The molecule has 92 valence electrons. The van der Waals surface area contributed by atoms with Crippen molar-refractivity contribution in [2.45, 2.75) is 18.4 Å². The molecule has 1 atom stereocenters. The average Bonchev–Trinajstić information content (AvgIpc) is 2.78. The Hall–Kier alpha value is -1.80. The SMILES string of the molecule is COc1ccc2c(c1)[C@](O)(c1ccccc1)CC2. The summed E-state index contributed by atoms with van der Waals surface area (Å²) in [5, 5.41) is 11.0. The van der Waals surface area contributed by atoms with Crippen LogP contribution in [0.4, 0.5) is 0 Å². The normalized spacial score (nSPS) is 21.7. The van der Waals surface area contributed by atoms with Crippen molar-refractivity contribution in [1.29, 1.82) is 0 Å². The van der Waals surface area contributed by atoms with E-state index < -0.39 is 5.60 Å². The van der Waals surface area contributed by atoms with Gasteiger partial charge in [0.05, 0.1) is 7.11 Å². The lowest BCUT2D eigenvalue weighted by Crippen LogP contribution is -2.23. The van der Waals surface area contributed by atoms with Gasteiger partial charge in [0.2, 0.25) is 0 Å². The number of benzene rings is 2. The number of rotatable bonds is 2. The molecule has 2 aromatic rings. The molecule has 0 amide bonds. The van der Waals surface area contributed by atoms with Gasteiger partial charge in [-0.1, -0.05) is 36.4 Å². The zero-order valence-electron chi connectivity index (χ0n) is 10.4. The van der Waals surface area contributed by atoms with Gasteiger partial charge >= 0.3 is 0 Å². The highest BCUT2D eigenvalue weighted by Crippen LogP contribution is 2.43. The molecule has 0 heterocycles. The monoisotopic (exact) mass is 240 g/mol. The Balaban J connectivity index is 2.13. The molecule has 0 saturated heterocycles. The lowest BCUT2D eigenvalue weighted by molar-refractivity contribution is 0.0827. The largest absolute Gasteiger partial charge is 0.497 e. The van der Waals surface area contributed by atoms with Crippen LogP contribution in [0.1, 0.15) is 23.1 Å². The van der Waals surface area contributed by atoms with Crippen molar-refractivity contribution >= 4 is 0 Å². The molecule has 0 saturated carbocycles. The number of hydrogen-bond acceptors (Lipinski definition) is 2. The van der Waals surface area contributed by atoms with E-state index in [1.165, 1.54) is 5.56 Å². The Kier molecular flexibility index (Phi) is 2.60. The van der Waals surface area contributed by atoms with Gasteiger partial charge in [0.1, 0.15) is 11.4 Å². The van der Waals surface area contributed by atoms with E-state index in [0.29, 0.717) is 0 Å².